The van der Waals surface area contributed by atoms with Crippen molar-refractivity contribution in [2.45, 2.75) is 26.2 Å². The molecule has 0 fully saturated rings. The Kier molecular flexibility index (Phi) is 5.51. The van der Waals surface area contributed by atoms with Crippen molar-refractivity contribution in [3.05, 3.63) is 65.2 Å². The monoisotopic (exact) mass is 347 g/mol. The highest BCUT2D eigenvalue weighted by atomic mass is 19.1. The van der Waals surface area contributed by atoms with Crippen molar-refractivity contribution in [2.24, 2.45) is 0 Å². The predicted molar refractivity (Wildman–Crippen MR) is 90.4 cm³/mol. The average Bonchev–Trinajstić information content (AvgIpc) is 2.52. The SMILES string of the molecule is CC(C)(C)c1ccc(NC(=O)COC(=O)c2c(F)cccc2F)cc1. The summed E-state index contributed by atoms with van der Waals surface area (Å²) >= 11 is 0. The van der Waals surface area contributed by atoms with E-state index in [1.807, 2.05) is 12.1 Å². The molecule has 6 heteroatoms. The van der Waals surface area contributed by atoms with Gasteiger partial charge in [-0.3, -0.25) is 4.79 Å². The minimum Gasteiger partial charge on any atom is -0.452 e. The summed E-state index contributed by atoms with van der Waals surface area (Å²) in [6.45, 7) is 5.57. The zero-order chi connectivity index (χ0) is 18.6. The van der Waals surface area contributed by atoms with Crippen molar-refractivity contribution in [3.8, 4) is 0 Å². The lowest BCUT2D eigenvalue weighted by Crippen LogP contribution is -2.22. The number of anilines is 1. The molecule has 0 aromatic heterocycles. The van der Waals surface area contributed by atoms with Crippen LogP contribution in [0.2, 0.25) is 0 Å². The molecule has 2 rings (SSSR count). The molecule has 2 aromatic carbocycles. The maximum atomic E-state index is 13.5. The Hall–Kier alpha value is -2.76. The van der Waals surface area contributed by atoms with Crippen molar-refractivity contribution in [2.75, 3.05) is 11.9 Å². The van der Waals surface area contributed by atoms with Gasteiger partial charge in [-0.1, -0.05) is 39.0 Å². The van der Waals surface area contributed by atoms with Crippen LogP contribution in [0.15, 0.2) is 42.5 Å². The summed E-state index contributed by atoms with van der Waals surface area (Å²) in [6.07, 6.45) is 0. The standard InChI is InChI=1S/C19H19F2NO3/c1-19(2,3)12-7-9-13(10-8-12)22-16(23)11-25-18(24)17-14(20)5-4-6-15(17)21/h4-10H,11H2,1-3H3,(H,22,23). The van der Waals surface area contributed by atoms with Crippen LogP contribution in [0.3, 0.4) is 0 Å². The summed E-state index contributed by atoms with van der Waals surface area (Å²) in [7, 11) is 0. The Balaban J connectivity index is 1.94. The highest BCUT2D eigenvalue weighted by Gasteiger charge is 2.19. The molecule has 0 aliphatic heterocycles. The molecule has 0 heterocycles. The molecule has 1 N–H and O–H groups in total. The molecule has 0 aliphatic rings. The fraction of sp³-hybridized carbons (Fsp3) is 0.263. The van der Waals surface area contributed by atoms with E-state index < -0.39 is 35.7 Å². The molecule has 1 amide bonds. The number of hydrogen-bond acceptors (Lipinski definition) is 3. The number of hydrogen-bond donors (Lipinski definition) is 1. The number of carbonyl (C=O) groups is 2. The van der Waals surface area contributed by atoms with Crippen molar-refractivity contribution in [1.82, 2.24) is 0 Å². The molecule has 4 nitrogen and oxygen atoms in total. The maximum Gasteiger partial charge on any atom is 0.344 e. The summed E-state index contributed by atoms with van der Waals surface area (Å²) in [5.74, 6) is -3.91. The molecule has 0 radical (unpaired) electrons. The third-order valence-corrected chi connectivity index (χ3v) is 3.54. The molecule has 0 saturated carbocycles. The highest BCUT2D eigenvalue weighted by molar-refractivity contribution is 5.95. The Bertz CT molecular complexity index is 760. The lowest BCUT2D eigenvalue weighted by molar-refractivity contribution is -0.119. The van der Waals surface area contributed by atoms with E-state index in [1.165, 1.54) is 0 Å². The molecule has 0 atom stereocenters. The molecule has 0 bridgehead atoms. The molecule has 0 saturated heterocycles. The first-order valence-corrected chi connectivity index (χ1v) is 7.70. The Morgan fingerprint density at radius 2 is 1.56 bits per heavy atom. The fourth-order valence-corrected chi connectivity index (χ4v) is 2.15. The zero-order valence-corrected chi connectivity index (χ0v) is 14.2. The lowest BCUT2D eigenvalue weighted by atomic mass is 9.87. The summed E-state index contributed by atoms with van der Waals surface area (Å²) in [5, 5.41) is 2.55. The molecule has 0 spiro atoms. The van der Waals surface area contributed by atoms with Crippen molar-refractivity contribution >= 4 is 17.6 Å². The van der Waals surface area contributed by atoms with Gasteiger partial charge in [-0.25, -0.2) is 13.6 Å². The Labute approximate surface area is 144 Å². The van der Waals surface area contributed by atoms with E-state index in [0.29, 0.717) is 5.69 Å². The first-order chi connectivity index (χ1) is 11.7. The van der Waals surface area contributed by atoms with Gasteiger partial charge in [0.2, 0.25) is 0 Å². The smallest absolute Gasteiger partial charge is 0.344 e. The number of esters is 1. The quantitative estimate of drug-likeness (QED) is 0.849. The highest BCUT2D eigenvalue weighted by Crippen LogP contribution is 2.23. The first kappa shape index (κ1) is 18.6. The van der Waals surface area contributed by atoms with E-state index in [4.69, 9.17) is 0 Å². The van der Waals surface area contributed by atoms with Crippen LogP contribution in [0.1, 0.15) is 36.7 Å². The summed E-state index contributed by atoms with van der Waals surface area (Å²) in [6, 6.07) is 10.3. The molecule has 25 heavy (non-hydrogen) atoms. The van der Waals surface area contributed by atoms with E-state index in [1.54, 1.807) is 12.1 Å². The van der Waals surface area contributed by atoms with Gasteiger partial charge in [0.05, 0.1) is 0 Å². The third-order valence-electron chi connectivity index (χ3n) is 3.54. The predicted octanol–water partition coefficient (Wildman–Crippen LogP) is 4.06. The van der Waals surface area contributed by atoms with Gasteiger partial charge in [-0.2, -0.15) is 0 Å². The molecule has 2 aromatic rings. The summed E-state index contributed by atoms with van der Waals surface area (Å²) in [5.41, 5.74) is 0.810. The number of ether oxygens (including phenoxy) is 1. The number of carbonyl (C=O) groups excluding carboxylic acids is 2. The first-order valence-electron chi connectivity index (χ1n) is 7.70. The molecular weight excluding hydrogens is 328 g/mol. The van der Waals surface area contributed by atoms with Crippen molar-refractivity contribution < 1.29 is 23.1 Å². The fourth-order valence-electron chi connectivity index (χ4n) is 2.15. The Morgan fingerprint density at radius 1 is 1.00 bits per heavy atom. The second-order valence-electron chi connectivity index (χ2n) is 6.55. The van der Waals surface area contributed by atoms with Gasteiger partial charge in [-0.05, 0) is 35.2 Å². The molecule has 0 aliphatic carbocycles. The minimum atomic E-state index is -1.23. The number of nitrogens with one attached hydrogen (secondary N) is 1. The van der Waals surface area contributed by atoms with Crippen LogP contribution >= 0.6 is 0 Å². The zero-order valence-electron chi connectivity index (χ0n) is 14.2. The second kappa shape index (κ2) is 7.42. The largest absolute Gasteiger partial charge is 0.452 e. The van der Waals surface area contributed by atoms with E-state index in [-0.39, 0.29) is 5.41 Å². The van der Waals surface area contributed by atoms with E-state index in [0.717, 1.165) is 23.8 Å². The summed E-state index contributed by atoms with van der Waals surface area (Å²) < 4.78 is 31.6. The van der Waals surface area contributed by atoms with Gasteiger partial charge in [0.1, 0.15) is 17.2 Å². The number of benzene rings is 2. The van der Waals surface area contributed by atoms with Gasteiger partial charge in [-0.15, -0.1) is 0 Å². The number of halogens is 2. The van der Waals surface area contributed by atoms with Crippen LogP contribution in [0, 0.1) is 11.6 Å². The van der Waals surface area contributed by atoms with Crippen LogP contribution in [0.5, 0.6) is 0 Å². The van der Waals surface area contributed by atoms with E-state index in [9.17, 15) is 18.4 Å². The van der Waals surface area contributed by atoms with Crippen molar-refractivity contribution in [1.29, 1.82) is 0 Å². The normalized spacial score (nSPS) is 11.1. The number of rotatable bonds is 4. The van der Waals surface area contributed by atoms with Gasteiger partial charge in [0, 0.05) is 5.69 Å². The third kappa shape index (κ3) is 4.86. The van der Waals surface area contributed by atoms with Gasteiger partial charge >= 0.3 is 5.97 Å². The van der Waals surface area contributed by atoms with Crippen LogP contribution < -0.4 is 5.32 Å². The van der Waals surface area contributed by atoms with Gasteiger partial charge in [0.25, 0.3) is 5.91 Å². The van der Waals surface area contributed by atoms with Crippen LogP contribution in [0.4, 0.5) is 14.5 Å². The number of amides is 1. The molecule has 132 valence electrons. The van der Waals surface area contributed by atoms with Crippen LogP contribution in [-0.2, 0) is 14.9 Å². The van der Waals surface area contributed by atoms with Gasteiger partial charge < -0.3 is 10.1 Å². The van der Waals surface area contributed by atoms with E-state index in [2.05, 4.69) is 30.8 Å². The minimum absolute atomic E-state index is 0.0120. The molecular formula is C19H19F2NO3. The maximum absolute atomic E-state index is 13.5. The average molecular weight is 347 g/mol. The van der Waals surface area contributed by atoms with E-state index >= 15 is 0 Å². The Morgan fingerprint density at radius 3 is 2.08 bits per heavy atom. The van der Waals surface area contributed by atoms with Crippen LogP contribution in [-0.4, -0.2) is 18.5 Å². The second-order valence-corrected chi connectivity index (χ2v) is 6.55. The van der Waals surface area contributed by atoms with Crippen LogP contribution in [0.25, 0.3) is 0 Å². The lowest BCUT2D eigenvalue weighted by Gasteiger charge is -2.19. The molecule has 0 unspecified atom stereocenters. The van der Waals surface area contributed by atoms with Crippen molar-refractivity contribution in [3.63, 3.8) is 0 Å². The van der Waals surface area contributed by atoms with Gasteiger partial charge in [0.15, 0.2) is 6.61 Å². The topological polar surface area (TPSA) is 55.4 Å². The summed E-state index contributed by atoms with van der Waals surface area (Å²) in [4.78, 5) is 23.5.